The standard InChI is InChI=1S/C6H10N2O4/c1-2-11-6(10)12-8-4-3-7-5(8)9/h2-4H2,1H3,(H,7,9). The zero-order valence-electron chi connectivity index (χ0n) is 6.70. The summed E-state index contributed by atoms with van der Waals surface area (Å²) in [4.78, 5) is 26.0. The Morgan fingerprint density at radius 2 is 2.50 bits per heavy atom. The summed E-state index contributed by atoms with van der Waals surface area (Å²) < 4.78 is 4.47. The van der Waals surface area contributed by atoms with Gasteiger partial charge in [-0.1, -0.05) is 0 Å². The third-order valence-corrected chi connectivity index (χ3v) is 1.26. The van der Waals surface area contributed by atoms with Crippen LogP contribution >= 0.6 is 0 Å². The van der Waals surface area contributed by atoms with Gasteiger partial charge in [0.1, 0.15) is 0 Å². The van der Waals surface area contributed by atoms with Gasteiger partial charge in [-0.3, -0.25) is 0 Å². The fourth-order valence-electron chi connectivity index (χ4n) is 0.775. The largest absolute Gasteiger partial charge is 0.533 e. The van der Waals surface area contributed by atoms with Crippen LogP contribution in [0.2, 0.25) is 0 Å². The van der Waals surface area contributed by atoms with Crippen LogP contribution in [0.3, 0.4) is 0 Å². The highest BCUT2D eigenvalue weighted by Crippen LogP contribution is 1.99. The first-order valence-electron chi connectivity index (χ1n) is 3.64. The van der Waals surface area contributed by atoms with Crippen LogP contribution in [0.15, 0.2) is 0 Å². The quantitative estimate of drug-likeness (QED) is 0.603. The van der Waals surface area contributed by atoms with Gasteiger partial charge in [-0.25, -0.2) is 9.59 Å². The van der Waals surface area contributed by atoms with E-state index >= 15 is 0 Å². The van der Waals surface area contributed by atoms with E-state index in [1.807, 2.05) is 0 Å². The Balaban J connectivity index is 2.30. The van der Waals surface area contributed by atoms with Gasteiger partial charge in [0.2, 0.25) is 0 Å². The van der Waals surface area contributed by atoms with Crippen LogP contribution < -0.4 is 5.32 Å². The number of urea groups is 1. The van der Waals surface area contributed by atoms with Crippen LogP contribution in [0, 0.1) is 0 Å². The summed E-state index contributed by atoms with van der Waals surface area (Å²) in [6, 6.07) is -0.414. The van der Waals surface area contributed by atoms with Gasteiger partial charge in [-0.05, 0) is 6.92 Å². The molecule has 0 aromatic heterocycles. The van der Waals surface area contributed by atoms with Gasteiger partial charge in [0.05, 0.1) is 13.2 Å². The average Bonchev–Trinajstić information content (AvgIpc) is 2.37. The number of nitrogens with zero attached hydrogens (tertiary/aromatic N) is 1. The number of carbonyl (C=O) groups excluding carboxylic acids is 2. The predicted molar refractivity (Wildman–Crippen MR) is 38.2 cm³/mol. The highest BCUT2D eigenvalue weighted by Gasteiger charge is 2.24. The fourth-order valence-corrected chi connectivity index (χ4v) is 0.775. The van der Waals surface area contributed by atoms with E-state index in [4.69, 9.17) is 0 Å². The minimum absolute atomic E-state index is 0.230. The SMILES string of the molecule is CCOC(=O)ON1CCNC1=O. The molecule has 0 unspecified atom stereocenters. The lowest BCUT2D eigenvalue weighted by Gasteiger charge is -2.11. The Bertz CT molecular complexity index is 194. The van der Waals surface area contributed by atoms with Crippen molar-refractivity contribution < 1.29 is 19.2 Å². The van der Waals surface area contributed by atoms with Crippen LogP contribution in [0.5, 0.6) is 0 Å². The number of hydroxylamine groups is 2. The third-order valence-electron chi connectivity index (χ3n) is 1.26. The zero-order valence-corrected chi connectivity index (χ0v) is 6.70. The molecule has 6 nitrogen and oxygen atoms in total. The lowest BCUT2D eigenvalue weighted by molar-refractivity contribution is -0.0788. The minimum atomic E-state index is -0.852. The van der Waals surface area contributed by atoms with Gasteiger partial charge in [0.25, 0.3) is 0 Å². The summed E-state index contributed by atoms with van der Waals surface area (Å²) >= 11 is 0. The number of carbonyl (C=O) groups is 2. The molecule has 1 heterocycles. The number of amides is 2. The van der Waals surface area contributed by atoms with Gasteiger partial charge < -0.3 is 14.9 Å². The lowest BCUT2D eigenvalue weighted by atomic mass is 10.7. The monoisotopic (exact) mass is 174 g/mol. The van der Waals surface area contributed by atoms with E-state index in [1.54, 1.807) is 6.92 Å². The van der Waals surface area contributed by atoms with Crippen molar-refractivity contribution in [2.45, 2.75) is 6.92 Å². The smallest absolute Gasteiger partial charge is 0.433 e. The van der Waals surface area contributed by atoms with Crippen molar-refractivity contribution in [3.8, 4) is 0 Å². The molecule has 0 aliphatic carbocycles. The van der Waals surface area contributed by atoms with Crippen LogP contribution in [-0.4, -0.2) is 36.9 Å². The van der Waals surface area contributed by atoms with Crippen molar-refractivity contribution in [1.82, 2.24) is 10.4 Å². The number of rotatable bonds is 2. The Morgan fingerprint density at radius 3 is 3.00 bits per heavy atom. The topological polar surface area (TPSA) is 67.9 Å². The Hall–Kier alpha value is -1.46. The number of ether oxygens (including phenoxy) is 1. The van der Waals surface area contributed by atoms with Crippen molar-refractivity contribution in [2.75, 3.05) is 19.7 Å². The predicted octanol–water partition coefficient (Wildman–Crippen LogP) is 0.0997. The van der Waals surface area contributed by atoms with Crippen molar-refractivity contribution in [3.63, 3.8) is 0 Å². The molecule has 1 fully saturated rings. The Morgan fingerprint density at radius 1 is 1.75 bits per heavy atom. The second kappa shape index (κ2) is 3.80. The van der Waals surface area contributed by atoms with Gasteiger partial charge >= 0.3 is 12.2 Å². The summed E-state index contributed by atoms with van der Waals surface area (Å²) in [5.74, 6) is 0. The van der Waals surface area contributed by atoms with E-state index < -0.39 is 12.2 Å². The van der Waals surface area contributed by atoms with Gasteiger partial charge in [-0.2, -0.15) is 0 Å². The van der Waals surface area contributed by atoms with Crippen LogP contribution in [0.25, 0.3) is 0 Å². The molecule has 1 aliphatic rings. The molecule has 68 valence electrons. The lowest BCUT2D eigenvalue weighted by Crippen LogP contribution is -2.31. The molecule has 0 aromatic carbocycles. The maximum absolute atomic E-state index is 10.8. The summed E-state index contributed by atoms with van der Waals surface area (Å²) in [6.45, 7) is 2.73. The first-order valence-corrected chi connectivity index (χ1v) is 3.64. The molecule has 1 aliphatic heterocycles. The average molecular weight is 174 g/mol. The number of hydrogen-bond acceptors (Lipinski definition) is 4. The fraction of sp³-hybridized carbons (Fsp3) is 0.667. The van der Waals surface area contributed by atoms with Gasteiger partial charge in [-0.15, -0.1) is 5.06 Å². The molecule has 1 saturated heterocycles. The first-order chi connectivity index (χ1) is 5.74. The van der Waals surface area contributed by atoms with E-state index in [1.165, 1.54) is 0 Å². The van der Waals surface area contributed by atoms with E-state index in [2.05, 4.69) is 14.9 Å². The molecular formula is C6H10N2O4. The molecule has 12 heavy (non-hydrogen) atoms. The highest BCUT2D eigenvalue weighted by atomic mass is 16.8. The van der Waals surface area contributed by atoms with Crippen LogP contribution in [0.1, 0.15) is 6.92 Å². The van der Waals surface area contributed by atoms with Gasteiger partial charge in [0, 0.05) is 6.54 Å². The second-order valence-electron chi connectivity index (χ2n) is 2.11. The molecule has 1 N–H and O–H groups in total. The van der Waals surface area contributed by atoms with Crippen molar-refractivity contribution in [1.29, 1.82) is 0 Å². The molecule has 2 amide bonds. The summed E-state index contributed by atoms with van der Waals surface area (Å²) in [7, 11) is 0. The molecule has 1 rings (SSSR count). The zero-order chi connectivity index (χ0) is 8.97. The summed E-state index contributed by atoms with van der Waals surface area (Å²) in [5.41, 5.74) is 0. The van der Waals surface area contributed by atoms with Crippen LogP contribution in [0.4, 0.5) is 9.59 Å². The molecule has 0 spiro atoms. The van der Waals surface area contributed by atoms with E-state index in [0.717, 1.165) is 5.06 Å². The van der Waals surface area contributed by atoms with Crippen molar-refractivity contribution in [2.24, 2.45) is 0 Å². The normalized spacial score (nSPS) is 15.8. The summed E-state index contributed by atoms with van der Waals surface area (Å²) in [5, 5.41) is 3.40. The highest BCUT2D eigenvalue weighted by molar-refractivity contribution is 5.76. The molecule has 0 radical (unpaired) electrons. The maximum atomic E-state index is 10.8. The molecule has 0 bridgehead atoms. The van der Waals surface area contributed by atoms with E-state index in [9.17, 15) is 9.59 Å². The molecule has 0 atom stereocenters. The van der Waals surface area contributed by atoms with E-state index in [-0.39, 0.29) is 6.61 Å². The van der Waals surface area contributed by atoms with Crippen molar-refractivity contribution >= 4 is 12.2 Å². The van der Waals surface area contributed by atoms with E-state index in [0.29, 0.717) is 13.1 Å². The Labute approximate surface area is 69.4 Å². The van der Waals surface area contributed by atoms with Crippen LogP contribution in [-0.2, 0) is 9.57 Å². The first kappa shape index (κ1) is 8.63. The minimum Gasteiger partial charge on any atom is -0.433 e. The summed E-state index contributed by atoms with van der Waals surface area (Å²) in [6.07, 6.45) is -0.852. The number of hydrogen-bond donors (Lipinski definition) is 1. The van der Waals surface area contributed by atoms with Gasteiger partial charge in [0.15, 0.2) is 0 Å². The molecule has 0 saturated carbocycles. The number of nitrogens with one attached hydrogen (secondary N) is 1. The maximum Gasteiger partial charge on any atom is 0.533 e. The van der Waals surface area contributed by atoms with Crippen molar-refractivity contribution in [3.05, 3.63) is 0 Å². The molecular weight excluding hydrogens is 164 g/mol. The molecule has 6 heteroatoms. The Kier molecular flexibility index (Phi) is 2.73. The third kappa shape index (κ3) is 2.01. The second-order valence-corrected chi connectivity index (χ2v) is 2.11. The molecule has 0 aromatic rings.